The molecule has 4 rings (SSSR count). The minimum absolute atomic E-state index is 0.0175. The first-order valence-electron chi connectivity index (χ1n) is 8.55. The summed E-state index contributed by atoms with van der Waals surface area (Å²) in [7, 11) is 0. The van der Waals surface area contributed by atoms with Crippen molar-refractivity contribution in [2.45, 2.75) is 32.4 Å². The first-order chi connectivity index (χ1) is 12.2. The number of nitrogens with zero attached hydrogens (tertiary/aromatic N) is 4. The molecule has 1 fully saturated rings. The zero-order chi connectivity index (χ0) is 17.4. The fourth-order valence-corrected chi connectivity index (χ4v) is 4.04. The SMILES string of the molecule is CCn1c(=O)c(N2CCC[C@H]2c2cncc(Br)c2)nc2ccccc21. The van der Waals surface area contributed by atoms with Crippen molar-refractivity contribution in [2.75, 3.05) is 11.4 Å². The molecule has 0 amide bonds. The molecule has 1 aromatic carbocycles. The molecule has 0 bridgehead atoms. The molecule has 1 atom stereocenters. The Labute approximate surface area is 154 Å². The summed E-state index contributed by atoms with van der Waals surface area (Å²) in [5.74, 6) is 0.544. The van der Waals surface area contributed by atoms with Crippen LogP contribution in [-0.2, 0) is 6.54 Å². The van der Waals surface area contributed by atoms with Crippen LogP contribution in [0.5, 0.6) is 0 Å². The predicted molar refractivity (Wildman–Crippen MR) is 103 cm³/mol. The molecule has 0 saturated carbocycles. The number of hydrogen-bond donors (Lipinski definition) is 0. The Morgan fingerprint density at radius 3 is 2.92 bits per heavy atom. The first-order valence-corrected chi connectivity index (χ1v) is 9.35. The Bertz CT molecular complexity index is 985. The first kappa shape index (κ1) is 16.3. The highest BCUT2D eigenvalue weighted by Crippen LogP contribution is 2.35. The standard InChI is InChI=1S/C19H19BrN4O/c1-2-23-17-7-4-3-6-15(17)22-18(19(23)25)24-9-5-8-16(24)13-10-14(20)12-21-11-13/h3-4,6-7,10-12,16H,2,5,8-9H2,1H3/t16-/m0/s1. The average Bonchev–Trinajstić information content (AvgIpc) is 3.11. The molecule has 0 spiro atoms. The maximum Gasteiger partial charge on any atom is 0.294 e. The van der Waals surface area contributed by atoms with Gasteiger partial charge in [-0.3, -0.25) is 9.78 Å². The number of anilines is 1. The van der Waals surface area contributed by atoms with Crippen molar-refractivity contribution in [3.8, 4) is 0 Å². The van der Waals surface area contributed by atoms with Gasteiger partial charge in [-0.25, -0.2) is 4.98 Å². The van der Waals surface area contributed by atoms with Gasteiger partial charge in [-0.15, -0.1) is 0 Å². The Balaban J connectivity index is 1.86. The monoisotopic (exact) mass is 398 g/mol. The van der Waals surface area contributed by atoms with Crippen LogP contribution in [0.2, 0.25) is 0 Å². The fourth-order valence-electron chi connectivity index (χ4n) is 3.66. The number of aryl methyl sites for hydroxylation is 1. The fraction of sp³-hybridized carbons (Fsp3) is 0.316. The molecule has 3 aromatic rings. The van der Waals surface area contributed by atoms with Crippen LogP contribution in [0.4, 0.5) is 5.82 Å². The number of hydrogen-bond acceptors (Lipinski definition) is 4. The van der Waals surface area contributed by atoms with Crippen molar-refractivity contribution in [2.24, 2.45) is 0 Å². The second-order valence-electron chi connectivity index (χ2n) is 6.26. The molecule has 1 aliphatic heterocycles. The summed E-state index contributed by atoms with van der Waals surface area (Å²) in [6.45, 7) is 3.46. The summed E-state index contributed by atoms with van der Waals surface area (Å²) in [5, 5.41) is 0. The van der Waals surface area contributed by atoms with Crippen LogP contribution in [0, 0.1) is 0 Å². The van der Waals surface area contributed by atoms with E-state index in [1.54, 1.807) is 6.20 Å². The number of halogens is 1. The summed E-state index contributed by atoms with van der Waals surface area (Å²) in [5.41, 5.74) is 2.84. The highest BCUT2D eigenvalue weighted by Gasteiger charge is 2.30. The Kier molecular flexibility index (Phi) is 4.29. The molecule has 0 radical (unpaired) electrons. The summed E-state index contributed by atoms with van der Waals surface area (Å²) in [6, 6.07) is 10.0. The number of aromatic nitrogens is 3. The quantitative estimate of drug-likeness (QED) is 0.670. The number of benzene rings is 1. The normalized spacial score (nSPS) is 17.4. The smallest absolute Gasteiger partial charge is 0.294 e. The lowest BCUT2D eigenvalue weighted by Crippen LogP contribution is -2.33. The van der Waals surface area contributed by atoms with Crippen LogP contribution in [0.25, 0.3) is 11.0 Å². The van der Waals surface area contributed by atoms with Gasteiger partial charge < -0.3 is 9.47 Å². The molecule has 0 unspecified atom stereocenters. The van der Waals surface area contributed by atoms with Crippen molar-refractivity contribution < 1.29 is 0 Å². The predicted octanol–water partition coefficient (Wildman–Crippen LogP) is 3.92. The molecule has 6 heteroatoms. The third kappa shape index (κ3) is 2.84. The van der Waals surface area contributed by atoms with Gasteiger partial charge in [-0.1, -0.05) is 12.1 Å². The Morgan fingerprint density at radius 2 is 2.12 bits per heavy atom. The largest absolute Gasteiger partial charge is 0.345 e. The van der Waals surface area contributed by atoms with Gasteiger partial charge in [0.1, 0.15) is 0 Å². The van der Waals surface area contributed by atoms with Crippen molar-refractivity contribution in [3.05, 3.63) is 63.1 Å². The van der Waals surface area contributed by atoms with Gasteiger partial charge in [0.25, 0.3) is 5.56 Å². The molecule has 3 heterocycles. The van der Waals surface area contributed by atoms with Gasteiger partial charge in [0.15, 0.2) is 5.82 Å². The van der Waals surface area contributed by atoms with E-state index in [2.05, 4.69) is 31.9 Å². The maximum absolute atomic E-state index is 13.1. The third-order valence-corrected chi connectivity index (χ3v) is 5.22. The van der Waals surface area contributed by atoms with Gasteiger partial charge in [0, 0.05) is 30.0 Å². The summed E-state index contributed by atoms with van der Waals surface area (Å²) < 4.78 is 2.76. The highest BCUT2D eigenvalue weighted by molar-refractivity contribution is 9.10. The molecule has 25 heavy (non-hydrogen) atoms. The lowest BCUT2D eigenvalue weighted by molar-refractivity contribution is 0.688. The maximum atomic E-state index is 13.1. The van der Waals surface area contributed by atoms with E-state index in [0.29, 0.717) is 12.4 Å². The van der Waals surface area contributed by atoms with Crippen molar-refractivity contribution >= 4 is 32.8 Å². The molecule has 1 aliphatic rings. The number of para-hydroxylation sites is 2. The summed E-state index contributed by atoms with van der Waals surface area (Å²) in [6.07, 6.45) is 5.70. The molecule has 5 nitrogen and oxygen atoms in total. The number of pyridine rings is 1. The van der Waals surface area contributed by atoms with Crippen LogP contribution in [0.1, 0.15) is 31.4 Å². The third-order valence-electron chi connectivity index (χ3n) is 4.79. The second-order valence-corrected chi connectivity index (χ2v) is 7.18. The number of fused-ring (bicyclic) bond motifs is 1. The molecule has 2 aromatic heterocycles. The van der Waals surface area contributed by atoms with E-state index in [1.165, 1.54) is 0 Å². The molecule has 0 aliphatic carbocycles. The van der Waals surface area contributed by atoms with Crippen LogP contribution in [0.15, 0.2) is 52.0 Å². The molecule has 0 N–H and O–H groups in total. The topological polar surface area (TPSA) is 51.0 Å². The van der Waals surface area contributed by atoms with Crippen LogP contribution >= 0.6 is 15.9 Å². The van der Waals surface area contributed by atoms with Gasteiger partial charge in [0.05, 0.1) is 17.1 Å². The second kappa shape index (κ2) is 6.59. The van der Waals surface area contributed by atoms with Gasteiger partial charge in [-0.2, -0.15) is 0 Å². The van der Waals surface area contributed by atoms with Gasteiger partial charge in [-0.05, 0) is 59.5 Å². The van der Waals surface area contributed by atoms with E-state index in [9.17, 15) is 4.79 Å². The van der Waals surface area contributed by atoms with Crippen molar-refractivity contribution in [1.82, 2.24) is 14.5 Å². The summed E-state index contributed by atoms with van der Waals surface area (Å²) in [4.78, 5) is 24.2. The minimum atomic E-state index is -0.0175. The minimum Gasteiger partial charge on any atom is -0.345 e. The van der Waals surface area contributed by atoms with Crippen LogP contribution in [0.3, 0.4) is 0 Å². The lowest BCUT2D eigenvalue weighted by Gasteiger charge is -2.26. The van der Waals surface area contributed by atoms with E-state index in [-0.39, 0.29) is 11.6 Å². The van der Waals surface area contributed by atoms with Crippen molar-refractivity contribution in [1.29, 1.82) is 0 Å². The highest BCUT2D eigenvalue weighted by atomic mass is 79.9. The van der Waals surface area contributed by atoms with E-state index in [1.807, 2.05) is 42.0 Å². The lowest BCUT2D eigenvalue weighted by atomic mass is 10.1. The Hall–Kier alpha value is -2.21. The van der Waals surface area contributed by atoms with E-state index < -0.39 is 0 Å². The molecular weight excluding hydrogens is 380 g/mol. The summed E-state index contributed by atoms with van der Waals surface area (Å²) >= 11 is 3.49. The molecular formula is C19H19BrN4O. The zero-order valence-corrected chi connectivity index (χ0v) is 15.6. The Morgan fingerprint density at radius 1 is 1.28 bits per heavy atom. The van der Waals surface area contributed by atoms with E-state index >= 15 is 0 Å². The van der Waals surface area contributed by atoms with Crippen LogP contribution in [-0.4, -0.2) is 21.1 Å². The van der Waals surface area contributed by atoms with Crippen molar-refractivity contribution in [3.63, 3.8) is 0 Å². The molecule has 128 valence electrons. The van der Waals surface area contributed by atoms with E-state index in [0.717, 1.165) is 40.5 Å². The van der Waals surface area contributed by atoms with E-state index in [4.69, 9.17) is 4.98 Å². The molecule has 1 saturated heterocycles. The number of rotatable bonds is 3. The average molecular weight is 399 g/mol. The van der Waals surface area contributed by atoms with Gasteiger partial charge >= 0.3 is 0 Å². The zero-order valence-electron chi connectivity index (χ0n) is 14.0. The van der Waals surface area contributed by atoms with Crippen LogP contribution < -0.4 is 10.5 Å². The van der Waals surface area contributed by atoms with Gasteiger partial charge in [0.2, 0.25) is 0 Å².